The van der Waals surface area contributed by atoms with Crippen LogP contribution in [0, 0.1) is 0 Å². The zero-order valence-electron chi connectivity index (χ0n) is 11.5. The van der Waals surface area contributed by atoms with Crippen LogP contribution in [0.5, 0.6) is 5.75 Å². The van der Waals surface area contributed by atoms with Gasteiger partial charge < -0.3 is 19.9 Å². The minimum Gasteiger partial charge on any atom is -0.491 e. The van der Waals surface area contributed by atoms with Gasteiger partial charge in [-0.15, -0.1) is 0 Å². The van der Waals surface area contributed by atoms with Gasteiger partial charge in [0, 0.05) is 19.7 Å². The largest absolute Gasteiger partial charge is 0.491 e. The quantitative estimate of drug-likeness (QED) is 0.786. The molecule has 2 unspecified atom stereocenters. The third-order valence-electron chi connectivity index (χ3n) is 3.36. The van der Waals surface area contributed by atoms with Crippen LogP contribution in [0.3, 0.4) is 0 Å². The fraction of sp³-hybridized carbons (Fsp3) is 0.600. The van der Waals surface area contributed by atoms with Gasteiger partial charge in [0.25, 0.3) is 0 Å². The molecule has 1 fully saturated rings. The van der Waals surface area contributed by atoms with Crippen molar-refractivity contribution in [3.05, 3.63) is 30.3 Å². The van der Waals surface area contributed by atoms with Crippen LogP contribution in [0.15, 0.2) is 30.3 Å². The summed E-state index contributed by atoms with van der Waals surface area (Å²) in [5.41, 5.74) is -0.0694. The van der Waals surface area contributed by atoms with Crippen molar-refractivity contribution in [3.8, 4) is 5.75 Å². The standard InChI is InChI=1S/C15H23NO3/c1-15(8-5-9-19-15)12-16-10-13(17)11-18-14-6-3-2-4-7-14/h2-4,6-7,13,16-17H,5,8-12H2,1H3. The molecule has 1 aliphatic rings. The Hall–Kier alpha value is -1.10. The lowest BCUT2D eigenvalue weighted by Gasteiger charge is -2.24. The highest BCUT2D eigenvalue weighted by molar-refractivity contribution is 5.20. The van der Waals surface area contributed by atoms with E-state index in [1.54, 1.807) is 0 Å². The van der Waals surface area contributed by atoms with Crippen molar-refractivity contribution in [3.63, 3.8) is 0 Å². The summed E-state index contributed by atoms with van der Waals surface area (Å²) in [5, 5.41) is 13.1. The van der Waals surface area contributed by atoms with Crippen molar-refractivity contribution < 1.29 is 14.6 Å². The highest BCUT2D eigenvalue weighted by atomic mass is 16.5. The number of hydrogen-bond acceptors (Lipinski definition) is 4. The van der Waals surface area contributed by atoms with E-state index in [2.05, 4.69) is 12.2 Å². The van der Waals surface area contributed by atoms with E-state index in [1.165, 1.54) is 0 Å². The van der Waals surface area contributed by atoms with Crippen LogP contribution in [0.2, 0.25) is 0 Å². The van der Waals surface area contributed by atoms with E-state index < -0.39 is 6.10 Å². The summed E-state index contributed by atoms with van der Waals surface area (Å²) in [7, 11) is 0. The fourth-order valence-corrected chi connectivity index (χ4v) is 2.25. The molecule has 1 aromatic rings. The van der Waals surface area contributed by atoms with Gasteiger partial charge >= 0.3 is 0 Å². The van der Waals surface area contributed by atoms with Crippen LogP contribution in [-0.4, -0.2) is 43.1 Å². The van der Waals surface area contributed by atoms with E-state index in [9.17, 15) is 5.11 Å². The SMILES string of the molecule is CC1(CNCC(O)COc2ccccc2)CCCO1. The molecule has 1 aliphatic heterocycles. The smallest absolute Gasteiger partial charge is 0.119 e. The molecule has 4 heteroatoms. The summed E-state index contributed by atoms with van der Waals surface area (Å²) < 4.78 is 11.2. The summed E-state index contributed by atoms with van der Waals surface area (Å²) in [6.45, 7) is 4.55. The van der Waals surface area contributed by atoms with Crippen LogP contribution in [-0.2, 0) is 4.74 Å². The van der Waals surface area contributed by atoms with Gasteiger partial charge in [0.05, 0.1) is 5.60 Å². The monoisotopic (exact) mass is 265 g/mol. The average Bonchev–Trinajstić information content (AvgIpc) is 2.85. The Bertz CT molecular complexity index is 363. The summed E-state index contributed by atoms with van der Waals surface area (Å²) in [4.78, 5) is 0. The Morgan fingerprint density at radius 3 is 2.89 bits per heavy atom. The first-order valence-electron chi connectivity index (χ1n) is 6.89. The molecule has 2 atom stereocenters. The first-order valence-corrected chi connectivity index (χ1v) is 6.89. The summed E-state index contributed by atoms with van der Waals surface area (Å²) in [6.07, 6.45) is 1.69. The van der Waals surface area contributed by atoms with E-state index in [0.717, 1.165) is 31.7 Å². The summed E-state index contributed by atoms with van der Waals surface area (Å²) >= 11 is 0. The van der Waals surface area contributed by atoms with E-state index >= 15 is 0 Å². The Morgan fingerprint density at radius 2 is 2.21 bits per heavy atom. The molecule has 0 bridgehead atoms. The Labute approximate surface area is 114 Å². The number of aliphatic hydroxyl groups is 1. The number of para-hydroxylation sites is 1. The maximum atomic E-state index is 9.84. The Balaban J connectivity index is 1.61. The predicted molar refractivity (Wildman–Crippen MR) is 74.4 cm³/mol. The maximum absolute atomic E-state index is 9.84. The second kappa shape index (κ2) is 6.89. The molecule has 2 N–H and O–H groups in total. The molecule has 4 nitrogen and oxygen atoms in total. The maximum Gasteiger partial charge on any atom is 0.119 e. The van der Waals surface area contributed by atoms with Crippen LogP contribution in [0.1, 0.15) is 19.8 Å². The van der Waals surface area contributed by atoms with Gasteiger partial charge in [-0.3, -0.25) is 0 Å². The van der Waals surface area contributed by atoms with E-state index in [0.29, 0.717) is 13.2 Å². The first-order chi connectivity index (χ1) is 9.18. The number of rotatable bonds is 7. The summed E-state index contributed by atoms with van der Waals surface area (Å²) in [5.74, 6) is 0.785. The molecule has 106 valence electrons. The second-order valence-electron chi connectivity index (χ2n) is 5.31. The van der Waals surface area contributed by atoms with Gasteiger partial charge in [-0.05, 0) is 31.9 Å². The minimum absolute atomic E-state index is 0.0694. The zero-order chi connectivity index (χ0) is 13.6. The first kappa shape index (κ1) is 14.3. The molecule has 0 saturated carbocycles. The predicted octanol–water partition coefficient (Wildman–Crippen LogP) is 1.58. The van der Waals surface area contributed by atoms with Gasteiger partial charge in [0.15, 0.2) is 0 Å². The van der Waals surface area contributed by atoms with E-state index in [-0.39, 0.29) is 5.60 Å². The molecule has 1 saturated heterocycles. The van der Waals surface area contributed by atoms with E-state index in [1.807, 2.05) is 30.3 Å². The van der Waals surface area contributed by atoms with Crippen molar-refractivity contribution in [2.45, 2.75) is 31.5 Å². The van der Waals surface area contributed by atoms with Crippen molar-refractivity contribution >= 4 is 0 Å². The van der Waals surface area contributed by atoms with Crippen LogP contribution in [0.25, 0.3) is 0 Å². The lowest BCUT2D eigenvalue weighted by atomic mass is 10.0. The molecule has 0 aromatic heterocycles. The average molecular weight is 265 g/mol. The highest BCUT2D eigenvalue weighted by Crippen LogP contribution is 2.23. The van der Waals surface area contributed by atoms with Gasteiger partial charge in [-0.25, -0.2) is 0 Å². The minimum atomic E-state index is -0.509. The van der Waals surface area contributed by atoms with Crippen molar-refractivity contribution in [2.75, 3.05) is 26.3 Å². The number of aliphatic hydroxyl groups excluding tert-OH is 1. The lowest BCUT2D eigenvalue weighted by Crippen LogP contribution is -2.41. The van der Waals surface area contributed by atoms with Crippen LogP contribution >= 0.6 is 0 Å². The van der Waals surface area contributed by atoms with Crippen molar-refractivity contribution in [1.82, 2.24) is 5.32 Å². The number of nitrogens with one attached hydrogen (secondary N) is 1. The molecule has 0 radical (unpaired) electrons. The number of benzene rings is 1. The highest BCUT2D eigenvalue weighted by Gasteiger charge is 2.29. The number of hydrogen-bond donors (Lipinski definition) is 2. The third-order valence-corrected chi connectivity index (χ3v) is 3.36. The fourth-order valence-electron chi connectivity index (χ4n) is 2.25. The molecular weight excluding hydrogens is 242 g/mol. The molecule has 0 spiro atoms. The van der Waals surface area contributed by atoms with Gasteiger partial charge in [0.2, 0.25) is 0 Å². The molecule has 19 heavy (non-hydrogen) atoms. The molecule has 0 amide bonds. The molecule has 0 aliphatic carbocycles. The van der Waals surface area contributed by atoms with Gasteiger partial charge in [-0.1, -0.05) is 18.2 Å². The molecule has 1 heterocycles. The molecule has 1 aromatic carbocycles. The lowest BCUT2D eigenvalue weighted by molar-refractivity contribution is 0.0170. The van der Waals surface area contributed by atoms with Crippen molar-refractivity contribution in [1.29, 1.82) is 0 Å². The number of ether oxygens (including phenoxy) is 2. The zero-order valence-corrected chi connectivity index (χ0v) is 11.5. The van der Waals surface area contributed by atoms with Crippen molar-refractivity contribution in [2.24, 2.45) is 0 Å². The molecular formula is C15H23NO3. The normalized spacial score (nSPS) is 24.3. The summed E-state index contributed by atoms with van der Waals surface area (Å²) in [6, 6.07) is 9.53. The topological polar surface area (TPSA) is 50.7 Å². The van der Waals surface area contributed by atoms with Crippen LogP contribution < -0.4 is 10.1 Å². The van der Waals surface area contributed by atoms with Gasteiger partial charge in [-0.2, -0.15) is 0 Å². The Kier molecular flexibility index (Phi) is 5.19. The molecule has 2 rings (SSSR count). The second-order valence-corrected chi connectivity index (χ2v) is 5.31. The Morgan fingerprint density at radius 1 is 1.42 bits per heavy atom. The third kappa shape index (κ3) is 4.82. The van der Waals surface area contributed by atoms with Crippen LogP contribution in [0.4, 0.5) is 0 Å². The van der Waals surface area contributed by atoms with E-state index in [4.69, 9.17) is 9.47 Å². The van der Waals surface area contributed by atoms with Gasteiger partial charge in [0.1, 0.15) is 18.5 Å².